The minimum absolute atomic E-state index is 0.213. The molecule has 28 heavy (non-hydrogen) atoms. The fraction of sp³-hybridized carbons (Fsp3) is 0.0500. The summed E-state index contributed by atoms with van der Waals surface area (Å²) in [7, 11) is -3.78. The molecule has 0 saturated carbocycles. The van der Waals surface area contributed by atoms with Gasteiger partial charge in [-0.1, -0.05) is 12.1 Å². The second-order valence-corrected chi connectivity index (χ2v) is 7.76. The van der Waals surface area contributed by atoms with Gasteiger partial charge in [0.15, 0.2) is 0 Å². The lowest BCUT2D eigenvalue weighted by atomic mass is 10.1. The van der Waals surface area contributed by atoms with Gasteiger partial charge in [-0.25, -0.2) is 8.42 Å². The van der Waals surface area contributed by atoms with E-state index in [1.807, 2.05) is 13.0 Å². The van der Waals surface area contributed by atoms with Crippen LogP contribution in [0.1, 0.15) is 5.56 Å². The van der Waals surface area contributed by atoms with Crippen LogP contribution in [0.3, 0.4) is 0 Å². The fourth-order valence-corrected chi connectivity index (χ4v) is 4.22. The van der Waals surface area contributed by atoms with Gasteiger partial charge in [-0.2, -0.15) is 5.10 Å². The lowest BCUT2D eigenvalue weighted by Gasteiger charge is -2.12. The number of ether oxygens (including phenoxy) is 1. The molecule has 0 atom stereocenters. The number of nitrogens with zero attached hydrogens (tertiary/aromatic N) is 3. The molecular weight excluding hydrogens is 376 g/mol. The van der Waals surface area contributed by atoms with Crippen molar-refractivity contribution in [2.75, 3.05) is 4.72 Å². The molecule has 2 heterocycles. The van der Waals surface area contributed by atoms with Crippen molar-refractivity contribution < 1.29 is 13.2 Å². The summed E-state index contributed by atoms with van der Waals surface area (Å²) in [5.74, 6) is 0.881. The van der Waals surface area contributed by atoms with Crippen LogP contribution in [-0.2, 0) is 10.0 Å². The first-order valence-corrected chi connectivity index (χ1v) is 9.93. The van der Waals surface area contributed by atoms with Crippen molar-refractivity contribution >= 4 is 26.5 Å². The molecule has 4 aromatic rings. The van der Waals surface area contributed by atoms with Crippen molar-refractivity contribution in [1.82, 2.24) is 15.2 Å². The number of pyridine rings is 1. The SMILES string of the molecule is Cc1cncc2cccc(S(=O)(=O)Nc3ccc(Oc4cccnn4)cc3)c12. The molecule has 0 bridgehead atoms. The van der Waals surface area contributed by atoms with Crippen LogP contribution in [0, 0.1) is 6.92 Å². The molecule has 0 unspecified atom stereocenters. The first kappa shape index (κ1) is 17.9. The standard InChI is InChI=1S/C20H16N4O3S/c1-14-12-21-13-15-4-2-5-18(20(14)15)28(25,26)24-16-7-9-17(10-8-16)27-19-6-3-11-22-23-19/h2-13,24H,1H3. The first-order chi connectivity index (χ1) is 13.5. The lowest BCUT2D eigenvalue weighted by molar-refractivity contribution is 0.455. The molecule has 2 aromatic heterocycles. The highest BCUT2D eigenvalue weighted by Crippen LogP contribution is 2.28. The topological polar surface area (TPSA) is 94.1 Å². The van der Waals surface area contributed by atoms with E-state index in [0.717, 1.165) is 10.9 Å². The summed E-state index contributed by atoms with van der Waals surface area (Å²) in [5.41, 5.74) is 1.22. The molecule has 0 aliphatic heterocycles. The van der Waals surface area contributed by atoms with Crippen molar-refractivity contribution in [3.63, 3.8) is 0 Å². The maximum Gasteiger partial charge on any atom is 0.262 e. The van der Waals surface area contributed by atoms with Crippen LogP contribution in [0.25, 0.3) is 10.8 Å². The van der Waals surface area contributed by atoms with E-state index in [-0.39, 0.29) is 4.90 Å². The predicted octanol–water partition coefficient (Wildman–Crippen LogP) is 3.93. The van der Waals surface area contributed by atoms with Crippen LogP contribution >= 0.6 is 0 Å². The van der Waals surface area contributed by atoms with Gasteiger partial charge in [0.05, 0.1) is 4.90 Å². The Bertz CT molecular complexity index is 1220. The van der Waals surface area contributed by atoms with Crippen LogP contribution in [-0.4, -0.2) is 23.6 Å². The molecule has 0 aliphatic rings. The quantitative estimate of drug-likeness (QED) is 0.553. The van der Waals surface area contributed by atoms with Crippen molar-refractivity contribution in [2.24, 2.45) is 0 Å². The summed E-state index contributed by atoms with van der Waals surface area (Å²) in [6, 6.07) is 15.1. The maximum absolute atomic E-state index is 13.0. The summed E-state index contributed by atoms with van der Waals surface area (Å²) in [5, 5.41) is 9.02. The number of aryl methyl sites for hydroxylation is 1. The summed E-state index contributed by atoms with van der Waals surface area (Å²) < 4.78 is 34.1. The lowest BCUT2D eigenvalue weighted by Crippen LogP contribution is -2.13. The van der Waals surface area contributed by atoms with Crippen LogP contribution < -0.4 is 9.46 Å². The number of aromatic nitrogens is 3. The zero-order valence-electron chi connectivity index (χ0n) is 14.9. The molecule has 1 N–H and O–H groups in total. The number of nitrogens with one attached hydrogen (secondary N) is 1. The number of benzene rings is 2. The fourth-order valence-electron chi connectivity index (χ4n) is 2.86. The van der Waals surface area contributed by atoms with E-state index >= 15 is 0 Å². The Balaban J connectivity index is 1.60. The number of sulfonamides is 1. The highest BCUT2D eigenvalue weighted by Gasteiger charge is 2.18. The molecular formula is C20H16N4O3S. The van der Waals surface area contributed by atoms with Gasteiger partial charge in [0.25, 0.3) is 10.0 Å². The monoisotopic (exact) mass is 392 g/mol. The van der Waals surface area contributed by atoms with Gasteiger partial charge in [-0.3, -0.25) is 9.71 Å². The highest BCUT2D eigenvalue weighted by atomic mass is 32.2. The summed E-state index contributed by atoms with van der Waals surface area (Å²) >= 11 is 0. The van der Waals surface area contributed by atoms with Gasteiger partial charge in [-0.15, -0.1) is 5.10 Å². The minimum Gasteiger partial charge on any atom is -0.438 e. The second-order valence-electron chi connectivity index (χ2n) is 6.10. The summed E-state index contributed by atoms with van der Waals surface area (Å²) in [6.45, 7) is 1.84. The maximum atomic E-state index is 13.0. The van der Waals surface area contributed by atoms with Crippen LogP contribution in [0.5, 0.6) is 11.6 Å². The average molecular weight is 392 g/mol. The molecule has 140 valence electrons. The molecule has 4 rings (SSSR count). The van der Waals surface area contributed by atoms with Crippen LogP contribution in [0.2, 0.25) is 0 Å². The van der Waals surface area contributed by atoms with E-state index in [9.17, 15) is 8.42 Å². The van der Waals surface area contributed by atoms with Gasteiger partial charge < -0.3 is 4.74 Å². The average Bonchev–Trinajstić information content (AvgIpc) is 2.70. The zero-order valence-corrected chi connectivity index (χ0v) is 15.7. The van der Waals surface area contributed by atoms with Crippen LogP contribution in [0.4, 0.5) is 5.69 Å². The number of hydrogen-bond donors (Lipinski definition) is 1. The van der Waals surface area contributed by atoms with Crippen molar-refractivity contribution in [3.8, 4) is 11.6 Å². The van der Waals surface area contributed by atoms with E-state index in [4.69, 9.17) is 4.74 Å². The third-order valence-corrected chi connectivity index (χ3v) is 5.52. The zero-order chi connectivity index (χ0) is 19.6. The molecule has 0 radical (unpaired) electrons. The number of fused-ring (bicyclic) bond motifs is 1. The molecule has 8 heteroatoms. The molecule has 7 nitrogen and oxygen atoms in total. The Morgan fingerprint density at radius 3 is 2.54 bits per heavy atom. The third kappa shape index (κ3) is 3.63. The molecule has 0 saturated heterocycles. The van der Waals surface area contributed by atoms with Crippen molar-refractivity contribution in [1.29, 1.82) is 0 Å². The van der Waals surface area contributed by atoms with E-state index in [0.29, 0.717) is 22.7 Å². The van der Waals surface area contributed by atoms with Gasteiger partial charge in [0.1, 0.15) is 5.75 Å². The molecule has 0 spiro atoms. The normalized spacial score (nSPS) is 11.3. The van der Waals surface area contributed by atoms with Crippen molar-refractivity contribution in [2.45, 2.75) is 11.8 Å². The Morgan fingerprint density at radius 1 is 0.964 bits per heavy atom. The summed E-state index contributed by atoms with van der Waals surface area (Å²) in [4.78, 5) is 4.34. The van der Waals surface area contributed by atoms with Gasteiger partial charge >= 0.3 is 0 Å². The number of hydrogen-bond acceptors (Lipinski definition) is 6. The molecule has 0 fully saturated rings. The van der Waals surface area contributed by atoms with Gasteiger partial charge in [0, 0.05) is 41.1 Å². The Kier molecular flexibility index (Phi) is 4.62. The van der Waals surface area contributed by atoms with Gasteiger partial charge in [0.2, 0.25) is 5.88 Å². The molecule has 2 aromatic carbocycles. The van der Waals surface area contributed by atoms with Gasteiger partial charge in [-0.05, 0) is 48.9 Å². The minimum atomic E-state index is -3.78. The number of rotatable bonds is 5. The van der Waals surface area contributed by atoms with Crippen LogP contribution in [0.15, 0.2) is 78.1 Å². The largest absolute Gasteiger partial charge is 0.438 e. The Labute approximate surface area is 162 Å². The third-order valence-electron chi connectivity index (χ3n) is 4.10. The molecule has 0 aliphatic carbocycles. The second kappa shape index (κ2) is 7.24. The van der Waals surface area contributed by atoms with E-state index in [1.165, 1.54) is 0 Å². The van der Waals surface area contributed by atoms with E-state index in [1.54, 1.807) is 67.1 Å². The first-order valence-electron chi connectivity index (χ1n) is 8.45. The highest BCUT2D eigenvalue weighted by molar-refractivity contribution is 7.93. The Hall–Kier alpha value is -3.52. The molecule has 0 amide bonds. The number of anilines is 1. The van der Waals surface area contributed by atoms with E-state index < -0.39 is 10.0 Å². The van der Waals surface area contributed by atoms with Crippen molar-refractivity contribution in [3.05, 3.63) is 78.8 Å². The van der Waals surface area contributed by atoms with E-state index in [2.05, 4.69) is 19.9 Å². The predicted molar refractivity (Wildman–Crippen MR) is 106 cm³/mol. The smallest absolute Gasteiger partial charge is 0.262 e. The Morgan fingerprint density at radius 2 is 1.79 bits per heavy atom. The summed E-state index contributed by atoms with van der Waals surface area (Å²) in [6.07, 6.45) is 4.86.